The maximum atomic E-state index is 12.5. The number of carbonyl (C=O) groups is 2. The van der Waals surface area contributed by atoms with Gasteiger partial charge in [-0.3, -0.25) is 9.59 Å². The molecule has 0 spiro atoms. The lowest BCUT2D eigenvalue weighted by molar-refractivity contribution is -0.121. The molecular formula is C18H26N2O2S. The molecule has 4 nitrogen and oxygen atoms in total. The molecule has 2 aliphatic rings. The molecule has 126 valence electrons. The molecule has 3 rings (SSSR count). The summed E-state index contributed by atoms with van der Waals surface area (Å²) in [5.41, 5.74) is 0.210. The Morgan fingerprint density at radius 1 is 1.17 bits per heavy atom. The van der Waals surface area contributed by atoms with Gasteiger partial charge in [-0.05, 0) is 50.2 Å². The number of nitrogens with one attached hydrogen (secondary N) is 1. The van der Waals surface area contributed by atoms with Gasteiger partial charge in [0.25, 0.3) is 0 Å². The Hall–Kier alpha value is -1.20. The molecule has 0 bridgehead atoms. The van der Waals surface area contributed by atoms with Crippen molar-refractivity contribution in [1.29, 1.82) is 0 Å². The maximum absolute atomic E-state index is 12.5. The van der Waals surface area contributed by atoms with Crippen LogP contribution < -0.4 is 5.32 Å². The first-order chi connectivity index (χ1) is 10.9. The first kappa shape index (κ1) is 16.7. The van der Waals surface area contributed by atoms with Crippen LogP contribution in [-0.4, -0.2) is 35.7 Å². The monoisotopic (exact) mass is 334 g/mol. The number of amides is 1. The van der Waals surface area contributed by atoms with Gasteiger partial charge in [0, 0.05) is 17.4 Å². The van der Waals surface area contributed by atoms with Crippen molar-refractivity contribution >= 4 is 28.0 Å². The van der Waals surface area contributed by atoms with Crippen LogP contribution in [0.2, 0.25) is 0 Å². The molecule has 2 heterocycles. The predicted octanol–water partition coefficient (Wildman–Crippen LogP) is 3.79. The summed E-state index contributed by atoms with van der Waals surface area (Å²) in [6, 6.07) is 2.61. The Bertz CT molecular complexity index is 590. The summed E-state index contributed by atoms with van der Waals surface area (Å²) in [5, 5.41) is 5.60. The zero-order valence-electron chi connectivity index (χ0n) is 14.2. The highest BCUT2D eigenvalue weighted by Crippen LogP contribution is 2.33. The quantitative estimate of drug-likeness (QED) is 0.852. The highest BCUT2D eigenvalue weighted by molar-refractivity contribution is 7.14. The van der Waals surface area contributed by atoms with Crippen LogP contribution in [0.1, 0.15) is 56.8 Å². The van der Waals surface area contributed by atoms with Gasteiger partial charge in [0.05, 0.1) is 5.56 Å². The summed E-state index contributed by atoms with van der Waals surface area (Å²) in [4.78, 5) is 27.5. The third-order valence-electron chi connectivity index (χ3n) is 4.79. The molecule has 1 amide bonds. The zero-order chi connectivity index (χ0) is 16.6. The van der Waals surface area contributed by atoms with Gasteiger partial charge >= 0.3 is 0 Å². The summed E-state index contributed by atoms with van der Waals surface area (Å²) in [6.45, 7) is 7.78. The Morgan fingerprint density at radius 2 is 1.83 bits per heavy atom. The molecule has 1 aromatic rings. The normalized spacial score (nSPS) is 20.5. The molecule has 1 aromatic heterocycles. The van der Waals surface area contributed by atoms with Crippen molar-refractivity contribution in [2.75, 3.05) is 18.4 Å². The predicted molar refractivity (Wildman–Crippen MR) is 94.1 cm³/mol. The van der Waals surface area contributed by atoms with E-state index >= 15 is 0 Å². The van der Waals surface area contributed by atoms with Crippen molar-refractivity contribution < 1.29 is 9.59 Å². The van der Waals surface area contributed by atoms with Gasteiger partial charge in [-0.15, -0.1) is 11.3 Å². The summed E-state index contributed by atoms with van der Waals surface area (Å²) in [6.07, 6.45) is 4.50. The van der Waals surface area contributed by atoms with Gasteiger partial charge in [0.15, 0.2) is 5.78 Å². The van der Waals surface area contributed by atoms with E-state index in [2.05, 4.69) is 10.2 Å². The second-order valence-corrected chi connectivity index (χ2v) is 8.69. The fourth-order valence-electron chi connectivity index (χ4n) is 3.17. The fraction of sp³-hybridized carbons (Fsp3) is 0.667. The van der Waals surface area contributed by atoms with Crippen LogP contribution in [0.4, 0.5) is 5.00 Å². The van der Waals surface area contributed by atoms with E-state index in [1.54, 1.807) is 0 Å². The molecule has 0 radical (unpaired) electrons. The molecule has 1 aliphatic heterocycles. The standard InChI is InChI=1S/C18H26N2O2S/c1-18(2,3)15(21)14-8-11-23-17(14)19-16(22)12-6-9-20(10-7-12)13-4-5-13/h8,11-13H,4-7,9-10H2,1-3H3,(H,19,22). The molecule has 1 aliphatic carbocycles. The lowest BCUT2D eigenvalue weighted by Crippen LogP contribution is -2.39. The van der Waals surface area contributed by atoms with Crippen molar-refractivity contribution in [2.45, 2.75) is 52.5 Å². The number of hydrogen-bond donors (Lipinski definition) is 1. The fourth-order valence-corrected chi connectivity index (χ4v) is 3.96. The van der Waals surface area contributed by atoms with Gasteiger partial charge < -0.3 is 10.2 Å². The van der Waals surface area contributed by atoms with Crippen LogP contribution >= 0.6 is 11.3 Å². The smallest absolute Gasteiger partial charge is 0.228 e. The van der Waals surface area contributed by atoms with Gasteiger partial charge in [0.2, 0.25) is 5.91 Å². The molecule has 1 saturated heterocycles. The number of piperidine rings is 1. The Balaban J connectivity index is 1.60. The molecule has 1 saturated carbocycles. The van der Waals surface area contributed by atoms with Gasteiger partial charge in [0.1, 0.15) is 5.00 Å². The van der Waals surface area contributed by atoms with E-state index in [0.29, 0.717) is 10.6 Å². The molecule has 0 atom stereocenters. The van der Waals surface area contributed by atoms with Crippen LogP contribution in [0.3, 0.4) is 0 Å². The van der Waals surface area contributed by atoms with E-state index in [-0.39, 0.29) is 17.6 Å². The van der Waals surface area contributed by atoms with Crippen molar-refractivity contribution in [3.63, 3.8) is 0 Å². The highest BCUT2D eigenvalue weighted by atomic mass is 32.1. The Labute approximate surface area is 142 Å². The van der Waals surface area contributed by atoms with Gasteiger partial charge in [-0.1, -0.05) is 20.8 Å². The lowest BCUT2D eigenvalue weighted by Gasteiger charge is -2.31. The van der Waals surface area contributed by atoms with E-state index in [9.17, 15) is 9.59 Å². The van der Waals surface area contributed by atoms with Gasteiger partial charge in [-0.25, -0.2) is 0 Å². The largest absolute Gasteiger partial charge is 0.317 e. The number of likely N-dealkylation sites (tertiary alicyclic amines) is 1. The SMILES string of the molecule is CC(C)(C)C(=O)c1ccsc1NC(=O)C1CCN(C2CC2)CC1. The minimum atomic E-state index is -0.434. The number of Topliss-reactive ketones (excluding diaryl/α,β-unsaturated/α-hetero) is 1. The van der Waals surface area contributed by atoms with E-state index in [1.807, 2.05) is 32.2 Å². The highest BCUT2D eigenvalue weighted by Gasteiger charge is 2.34. The summed E-state index contributed by atoms with van der Waals surface area (Å²) < 4.78 is 0. The summed E-state index contributed by atoms with van der Waals surface area (Å²) >= 11 is 1.44. The number of nitrogens with zero attached hydrogens (tertiary/aromatic N) is 1. The Kier molecular flexibility index (Phi) is 4.61. The van der Waals surface area contributed by atoms with Crippen LogP contribution in [0.5, 0.6) is 0 Å². The molecular weight excluding hydrogens is 308 g/mol. The minimum Gasteiger partial charge on any atom is -0.317 e. The van der Waals surface area contributed by atoms with E-state index < -0.39 is 5.41 Å². The topological polar surface area (TPSA) is 49.4 Å². The number of rotatable bonds is 4. The van der Waals surface area contributed by atoms with E-state index in [4.69, 9.17) is 0 Å². The van der Waals surface area contributed by atoms with E-state index in [0.717, 1.165) is 32.0 Å². The maximum Gasteiger partial charge on any atom is 0.228 e. The summed E-state index contributed by atoms with van der Waals surface area (Å²) in [5.74, 6) is 0.230. The first-order valence-electron chi connectivity index (χ1n) is 8.53. The van der Waals surface area contributed by atoms with Crippen molar-refractivity contribution in [2.24, 2.45) is 11.3 Å². The number of anilines is 1. The Morgan fingerprint density at radius 3 is 2.39 bits per heavy atom. The number of ketones is 1. The van der Waals surface area contributed by atoms with Crippen molar-refractivity contribution in [1.82, 2.24) is 4.90 Å². The lowest BCUT2D eigenvalue weighted by atomic mass is 9.87. The van der Waals surface area contributed by atoms with Gasteiger partial charge in [-0.2, -0.15) is 0 Å². The zero-order valence-corrected chi connectivity index (χ0v) is 15.0. The molecule has 1 N–H and O–H groups in total. The second-order valence-electron chi connectivity index (χ2n) is 7.77. The molecule has 5 heteroatoms. The van der Waals surface area contributed by atoms with Crippen LogP contribution in [0.25, 0.3) is 0 Å². The molecule has 2 fully saturated rings. The minimum absolute atomic E-state index is 0.0738. The molecule has 23 heavy (non-hydrogen) atoms. The third-order valence-corrected chi connectivity index (χ3v) is 5.62. The number of hydrogen-bond acceptors (Lipinski definition) is 4. The van der Waals surface area contributed by atoms with E-state index in [1.165, 1.54) is 24.2 Å². The number of thiophene rings is 1. The number of carbonyl (C=O) groups excluding carboxylic acids is 2. The van der Waals surface area contributed by atoms with Crippen LogP contribution in [0, 0.1) is 11.3 Å². The molecule has 0 unspecified atom stereocenters. The first-order valence-corrected chi connectivity index (χ1v) is 9.41. The van der Waals surface area contributed by atoms with Crippen LogP contribution in [-0.2, 0) is 4.79 Å². The third kappa shape index (κ3) is 3.83. The average Bonchev–Trinajstić information content (AvgIpc) is 3.26. The summed E-state index contributed by atoms with van der Waals surface area (Å²) in [7, 11) is 0. The average molecular weight is 334 g/mol. The van der Waals surface area contributed by atoms with Crippen molar-refractivity contribution in [3.05, 3.63) is 17.0 Å². The second kappa shape index (κ2) is 6.36. The molecule has 0 aromatic carbocycles. The van der Waals surface area contributed by atoms with Crippen molar-refractivity contribution in [3.8, 4) is 0 Å². The van der Waals surface area contributed by atoms with Crippen LogP contribution in [0.15, 0.2) is 11.4 Å².